The van der Waals surface area contributed by atoms with Gasteiger partial charge in [0, 0.05) is 36.0 Å². The zero-order valence-corrected chi connectivity index (χ0v) is 19.3. The van der Waals surface area contributed by atoms with Crippen LogP contribution in [-0.2, 0) is 14.8 Å². The quantitative estimate of drug-likeness (QED) is 0.362. The molecule has 0 aliphatic heterocycles. The summed E-state index contributed by atoms with van der Waals surface area (Å²) in [4.78, 5) is 13.3. The first-order valence-electron chi connectivity index (χ1n) is 9.30. The van der Waals surface area contributed by atoms with Gasteiger partial charge in [-0.25, -0.2) is 12.7 Å². The van der Waals surface area contributed by atoms with Crippen LogP contribution >= 0.6 is 23.4 Å². The van der Waals surface area contributed by atoms with Crippen LogP contribution in [0.3, 0.4) is 0 Å². The summed E-state index contributed by atoms with van der Waals surface area (Å²) in [6, 6.07) is 13.6. The zero-order valence-electron chi connectivity index (χ0n) is 16.9. The van der Waals surface area contributed by atoms with E-state index in [1.807, 2.05) is 24.3 Å². The molecule has 1 aromatic heterocycles. The summed E-state index contributed by atoms with van der Waals surface area (Å²) in [7, 11) is -0.586. The van der Waals surface area contributed by atoms with E-state index in [9.17, 15) is 13.2 Å². The summed E-state index contributed by atoms with van der Waals surface area (Å²) in [6.45, 7) is 0. The van der Waals surface area contributed by atoms with Gasteiger partial charge in [0.2, 0.25) is 21.8 Å². The average Bonchev–Trinajstić information content (AvgIpc) is 3.21. The number of benzene rings is 2. The van der Waals surface area contributed by atoms with E-state index in [1.165, 1.54) is 26.2 Å². The minimum Gasteiger partial charge on any atom is -0.403 e. The Kier molecular flexibility index (Phi) is 7.71. The van der Waals surface area contributed by atoms with E-state index >= 15 is 0 Å². The molecule has 8 nitrogen and oxygen atoms in total. The topological polar surface area (TPSA) is 105 Å². The van der Waals surface area contributed by atoms with Gasteiger partial charge in [0.05, 0.1) is 4.90 Å². The molecule has 0 fully saturated rings. The van der Waals surface area contributed by atoms with Gasteiger partial charge in [-0.05, 0) is 60.7 Å². The van der Waals surface area contributed by atoms with Crippen LogP contribution in [0.25, 0.3) is 11.5 Å². The van der Waals surface area contributed by atoms with Crippen LogP contribution in [0.2, 0.25) is 5.02 Å². The van der Waals surface area contributed by atoms with Crippen molar-refractivity contribution in [1.82, 2.24) is 14.5 Å². The molecular weight excluding hydrogens is 460 g/mol. The van der Waals surface area contributed by atoms with Gasteiger partial charge in [-0.2, -0.15) is 0 Å². The minimum absolute atomic E-state index is 0.00431. The highest BCUT2D eigenvalue weighted by Gasteiger charge is 2.18. The van der Waals surface area contributed by atoms with Gasteiger partial charge in [-0.3, -0.25) is 10.1 Å². The third kappa shape index (κ3) is 6.30. The van der Waals surface area contributed by atoms with Crippen molar-refractivity contribution in [2.75, 3.05) is 25.2 Å². The summed E-state index contributed by atoms with van der Waals surface area (Å²) in [5.74, 6) is 0.744. The lowest BCUT2D eigenvalue weighted by atomic mass is 10.2. The molecule has 3 aromatic rings. The zero-order chi connectivity index (χ0) is 22.4. The van der Waals surface area contributed by atoms with Crippen molar-refractivity contribution in [2.45, 2.75) is 22.6 Å². The van der Waals surface area contributed by atoms with Crippen molar-refractivity contribution >= 4 is 45.3 Å². The Balaban J connectivity index is 1.50. The van der Waals surface area contributed by atoms with E-state index in [-0.39, 0.29) is 22.7 Å². The number of thioether (sulfide) groups is 1. The molecule has 1 heterocycles. The van der Waals surface area contributed by atoms with Crippen LogP contribution in [-0.4, -0.2) is 48.7 Å². The first-order valence-corrected chi connectivity index (χ1v) is 12.1. The number of nitrogens with one attached hydrogen (secondary N) is 1. The van der Waals surface area contributed by atoms with Crippen molar-refractivity contribution in [1.29, 1.82) is 0 Å². The van der Waals surface area contributed by atoms with Crippen LogP contribution in [0.5, 0.6) is 0 Å². The lowest BCUT2D eigenvalue weighted by Crippen LogP contribution is -2.22. The summed E-state index contributed by atoms with van der Waals surface area (Å²) in [6.07, 6.45) is 0.997. The molecule has 164 valence electrons. The number of anilines is 1. The molecule has 0 saturated heterocycles. The Hall–Kier alpha value is -2.40. The van der Waals surface area contributed by atoms with Gasteiger partial charge in [-0.1, -0.05) is 16.7 Å². The van der Waals surface area contributed by atoms with Gasteiger partial charge in [0.25, 0.3) is 0 Å². The number of hydrogen-bond donors (Lipinski definition) is 1. The Labute approximate surface area is 190 Å². The fraction of sp³-hybridized carbons (Fsp3) is 0.250. The summed E-state index contributed by atoms with van der Waals surface area (Å²) < 4.78 is 30.9. The molecule has 2 aromatic carbocycles. The van der Waals surface area contributed by atoms with Gasteiger partial charge in [-0.15, -0.1) is 16.9 Å². The fourth-order valence-corrected chi connectivity index (χ4v) is 4.39. The van der Waals surface area contributed by atoms with Crippen LogP contribution in [0.4, 0.5) is 6.01 Å². The number of halogens is 1. The Morgan fingerprint density at radius 2 is 1.77 bits per heavy atom. The largest absolute Gasteiger partial charge is 0.403 e. The first kappa shape index (κ1) is 23.3. The normalized spacial score (nSPS) is 11.6. The first-order chi connectivity index (χ1) is 14.8. The van der Waals surface area contributed by atoms with Crippen LogP contribution in [0.15, 0.2) is 62.7 Å². The molecule has 0 saturated carbocycles. The predicted molar refractivity (Wildman–Crippen MR) is 121 cm³/mol. The van der Waals surface area contributed by atoms with Crippen molar-refractivity contribution in [2.24, 2.45) is 0 Å². The average molecular weight is 481 g/mol. The Morgan fingerprint density at radius 3 is 2.42 bits per heavy atom. The standard InChI is InChI=1S/C20H21ClN4O4S2/c1-25(2)31(27,28)17-11-5-14(6-12-17)19-23-24-20(29-19)22-18(26)4-3-13-30-16-9-7-15(21)8-10-16/h5-12H,3-4,13H2,1-2H3,(H,22,24,26). The Bertz CT molecular complexity index is 1130. The van der Waals surface area contributed by atoms with Crippen molar-refractivity contribution < 1.29 is 17.6 Å². The third-order valence-corrected chi connectivity index (χ3v) is 7.36. The predicted octanol–water partition coefficient (Wildman–Crippen LogP) is 4.15. The molecule has 0 aliphatic carbocycles. The number of hydrogen-bond acceptors (Lipinski definition) is 7. The lowest BCUT2D eigenvalue weighted by Gasteiger charge is -2.11. The second-order valence-electron chi connectivity index (χ2n) is 6.68. The van der Waals surface area contributed by atoms with E-state index in [1.54, 1.807) is 23.9 Å². The molecule has 1 amide bonds. The SMILES string of the molecule is CN(C)S(=O)(=O)c1ccc(-c2nnc(NC(=O)CCCSc3ccc(Cl)cc3)o2)cc1. The van der Waals surface area contributed by atoms with E-state index < -0.39 is 10.0 Å². The molecule has 3 rings (SSSR count). The minimum atomic E-state index is -3.52. The molecular formula is C20H21ClN4O4S2. The molecule has 0 radical (unpaired) electrons. The molecule has 0 aliphatic rings. The van der Waals surface area contributed by atoms with Crippen LogP contribution < -0.4 is 5.32 Å². The number of amides is 1. The number of sulfonamides is 1. The summed E-state index contributed by atoms with van der Waals surface area (Å²) in [5.41, 5.74) is 0.546. The number of carbonyl (C=O) groups is 1. The maximum atomic E-state index is 12.1. The molecule has 0 spiro atoms. The Morgan fingerprint density at radius 1 is 1.10 bits per heavy atom. The number of aromatic nitrogens is 2. The third-order valence-electron chi connectivity index (χ3n) is 4.18. The second-order valence-corrected chi connectivity index (χ2v) is 10.4. The van der Waals surface area contributed by atoms with Crippen molar-refractivity contribution in [3.05, 3.63) is 53.6 Å². The van der Waals surface area contributed by atoms with E-state index in [0.717, 1.165) is 15.0 Å². The van der Waals surface area contributed by atoms with Crippen LogP contribution in [0.1, 0.15) is 12.8 Å². The monoisotopic (exact) mass is 480 g/mol. The van der Waals surface area contributed by atoms with Gasteiger partial charge >= 0.3 is 6.01 Å². The van der Waals surface area contributed by atoms with Gasteiger partial charge < -0.3 is 4.42 Å². The lowest BCUT2D eigenvalue weighted by molar-refractivity contribution is -0.116. The molecule has 11 heteroatoms. The number of rotatable bonds is 9. The highest BCUT2D eigenvalue weighted by molar-refractivity contribution is 7.99. The molecule has 0 unspecified atom stereocenters. The van der Waals surface area contributed by atoms with Crippen molar-refractivity contribution in [3.8, 4) is 11.5 Å². The van der Waals surface area contributed by atoms with Crippen molar-refractivity contribution in [3.63, 3.8) is 0 Å². The maximum Gasteiger partial charge on any atom is 0.322 e. The smallest absolute Gasteiger partial charge is 0.322 e. The highest BCUT2D eigenvalue weighted by atomic mass is 35.5. The van der Waals surface area contributed by atoms with E-state index in [0.29, 0.717) is 23.4 Å². The number of carbonyl (C=O) groups excluding carboxylic acids is 1. The maximum absolute atomic E-state index is 12.1. The molecule has 0 bridgehead atoms. The highest BCUT2D eigenvalue weighted by Crippen LogP contribution is 2.23. The fourth-order valence-electron chi connectivity index (χ4n) is 2.51. The summed E-state index contributed by atoms with van der Waals surface area (Å²) in [5, 5.41) is 11.0. The number of nitrogens with zero attached hydrogens (tertiary/aromatic N) is 3. The molecule has 1 N–H and O–H groups in total. The van der Waals surface area contributed by atoms with Gasteiger partial charge in [0.1, 0.15) is 0 Å². The summed E-state index contributed by atoms with van der Waals surface area (Å²) >= 11 is 7.51. The molecule has 31 heavy (non-hydrogen) atoms. The van der Waals surface area contributed by atoms with Gasteiger partial charge in [0.15, 0.2) is 0 Å². The van der Waals surface area contributed by atoms with Crippen LogP contribution in [0, 0.1) is 0 Å². The second kappa shape index (κ2) is 10.3. The van der Waals surface area contributed by atoms with E-state index in [4.69, 9.17) is 16.0 Å². The van der Waals surface area contributed by atoms with E-state index in [2.05, 4.69) is 15.5 Å². The molecule has 0 atom stereocenters.